The van der Waals surface area contributed by atoms with Crippen molar-refractivity contribution >= 4 is 57.0 Å². The molecule has 4 nitrogen and oxygen atoms in total. The van der Waals surface area contributed by atoms with Gasteiger partial charge in [-0.1, -0.05) is 41.2 Å². The van der Waals surface area contributed by atoms with Gasteiger partial charge in [0.1, 0.15) is 4.38 Å². The van der Waals surface area contributed by atoms with Gasteiger partial charge in [-0.25, -0.2) is 0 Å². The number of rotatable bonds is 3. The second kappa shape index (κ2) is 6.26. The molecule has 0 fully saturated rings. The third kappa shape index (κ3) is 4.04. The van der Waals surface area contributed by atoms with Crippen LogP contribution in [0.3, 0.4) is 0 Å². The van der Waals surface area contributed by atoms with E-state index in [-0.39, 0.29) is 17.6 Å². The molecule has 0 aromatic heterocycles. The van der Waals surface area contributed by atoms with E-state index in [2.05, 4.69) is 10.3 Å². The summed E-state index contributed by atoms with van der Waals surface area (Å²) in [5.74, 6) is 0.312. The Labute approximate surface area is 118 Å². The monoisotopic (exact) mass is 300 g/mol. The standard InChI is InChI=1S/C11H9ClN2O2S2/c12-7-2-1-3-8(4-7)13-9(15)5-17-11-14-10(16)6-18-11/h1-4H,5-6H2,(H,13,15). The lowest BCUT2D eigenvalue weighted by Gasteiger charge is -2.04. The largest absolute Gasteiger partial charge is 0.325 e. The molecule has 7 heteroatoms. The average Bonchev–Trinajstić information content (AvgIpc) is 2.73. The molecular formula is C11H9ClN2O2S2. The van der Waals surface area contributed by atoms with Crippen LogP contribution in [0.25, 0.3) is 0 Å². The van der Waals surface area contributed by atoms with E-state index < -0.39 is 0 Å². The Hall–Kier alpha value is -0.980. The van der Waals surface area contributed by atoms with Crippen LogP contribution < -0.4 is 5.32 Å². The molecule has 0 bridgehead atoms. The van der Waals surface area contributed by atoms with Gasteiger partial charge in [0.15, 0.2) is 0 Å². The van der Waals surface area contributed by atoms with Gasteiger partial charge < -0.3 is 5.32 Å². The number of hydrogen-bond donors (Lipinski definition) is 1. The van der Waals surface area contributed by atoms with Crippen molar-refractivity contribution in [3.8, 4) is 0 Å². The van der Waals surface area contributed by atoms with Gasteiger partial charge in [0.05, 0.1) is 11.5 Å². The molecule has 1 aromatic rings. The van der Waals surface area contributed by atoms with Gasteiger partial charge in [0.25, 0.3) is 5.91 Å². The summed E-state index contributed by atoms with van der Waals surface area (Å²) in [6.45, 7) is 0. The second-order valence-electron chi connectivity index (χ2n) is 3.41. The Morgan fingerprint density at radius 3 is 3.06 bits per heavy atom. The molecule has 0 radical (unpaired) electrons. The van der Waals surface area contributed by atoms with E-state index in [0.717, 1.165) is 0 Å². The summed E-state index contributed by atoms with van der Waals surface area (Å²) in [6, 6.07) is 6.94. The fourth-order valence-electron chi connectivity index (χ4n) is 1.25. The number of nitrogens with one attached hydrogen (secondary N) is 1. The number of nitrogens with zero attached hydrogens (tertiary/aromatic N) is 1. The quantitative estimate of drug-likeness (QED) is 0.932. The summed E-state index contributed by atoms with van der Waals surface area (Å²) in [5, 5.41) is 3.30. The minimum Gasteiger partial charge on any atom is -0.325 e. The van der Waals surface area contributed by atoms with E-state index in [1.165, 1.54) is 23.5 Å². The van der Waals surface area contributed by atoms with E-state index in [9.17, 15) is 9.59 Å². The van der Waals surface area contributed by atoms with Gasteiger partial charge in [-0.3, -0.25) is 9.59 Å². The average molecular weight is 301 g/mol. The van der Waals surface area contributed by atoms with Crippen LogP contribution in [0.5, 0.6) is 0 Å². The van der Waals surface area contributed by atoms with Gasteiger partial charge >= 0.3 is 0 Å². The van der Waals surface area contributed by atoms with Crippen LogP contribution in [0.4, 0.5) is 5.69 Å². The maximum Gasteiger partial charge on any atom is 0.257 e. The normalized spacial score (nSPS) is 14.5. The van der Waals surface area contributed by atoms with Crippen molar-refractivity contribution in [2.75, 3.05) is 16.8 Å². The lowest BCUT2D eigenvalue weighted by Crippen LogP contribution is -2.14. The minimum atomic E-state index is -0.148. The number of benzene rings is 1. The molecule has 0 atom stereocenters. The number of anilines is 1. The highest BCUT2D eigenvalue weighted by atomic mass is 35.5. The smallest absolute Gasteiger partial charge is 0.257 e. The van der Waals surface area contributed by atoms with Crippen LogP contribution in [-0.4, -0.2) is 27.7 Å². The zero-order valence-electron chi connectivity index (χ0n) is 9.18. The first-order chi connectivity index (χ1) is 8.63. The van der Waals surface area contributed by atoms with Crippen molar-refractivity contribution in [2.45, 2.75) is 0 Å². The first-order valence-corrected chi connectivity index (χ1v) is 7.41. The Bertz CT molecular complexity index is 520. The third-order valence-electron chi connectivity index (χ3n) is 1.97. The highest BCUT2D eigenvalue weighted by Gasteiger charge is 2.16. The predicted octanol–water partition coefficient (Wildman–Crippen LogP) is 2.64. The van der Waals surface area contributed by atoms with Gasteiger partial charge in [0, 0.05) is 10.7 Å². The molecular weight excluding hydrogens is 292 g/mol. The van der Waals surface area contributed by atoms with Gasteiger partial charge in [-0.05, 0) is 18.2 Å². The topological polar surface area (TPSA) is 58.5 Å². The van der Waals surface area contributed by atoms with Gasteiger partial charge in [-0.15, -0.1) is 0 Å². The first kappa shape index (κ1) is 13.5. The highest BCUT2D eigenvalue weighted by Crippen LogP contribution is 2.23. The van der Waals surface area contributed by atoms with Gasteiger partial charge in [-0.2, -0.15) is 4.99 Å². The van der Waals surface area contributed by atoms with Crippen molar-refractivity contribution in [2.24, 2.45) is 4.99 Å². The Kier molecular flexibility index (Phi) is 4.68. The molecule has 1 aliphatic heterocycles. The second-order valence-corrected chi connectivity index (χ2v) is 6.03. The molecule has 1 N–H and O–H groups in total. The van der Waals surface area contributed by atoms with Crippen LogP contribution >= 0.6 is 35.1 Å². The Morgan fingerprint density at radius 2 is 2.39 bits per heavy atom. The molecule has 2 rings (SSSR count). The van der Waals surface area contributed by atoms with Crippen LogP contribution in [0.1, 0.15) is 0 Å². The third-order valence-corrected chi connectivity index (χ3v) is 4.39. The zero-order chi connectivity index (χ0) is 13.0. The lowest BCUT2D eigenvalue weighted by atomic mass is 10.3. The van der Waals surface area contributed by atoms with Crippen molar-refractivity contribution in [1.29, 1.82) is 0 Å². The molecule has 0 saturated carbocycles. The van der Waals surface area contributed by atoms with E-state index in [1.54, 1.807) is 24.3 Å². The summed E-state index contributed by atoms with van der Waals surface area (Å²) in [4.78, 5) is 26.3. The number of amides is 2. The summed E-state index contributed by atoms with van der Waals surface area (Å²) < 4.78 is 0.654. The predicted molar refractivity (Wildman–Crippen MR) is 77.4 cm³/mol. The SMILES string of the molecule is O=C1CSC(SCC(=O)Nc2cccc(Cl)c2)=N1. The number of aliphatic imine (C=N–C) groups is 1. The Morgan fingerprint density at radius 1 is 1.56 bits per heavy atom. The molecule has 1 aromatic carbocycles. The molecule has 18 heavy (non-hydrogen) atoms. The van der Waals surface area contributed by atoms with E-state index >= 15 is 0 Å². The molecule has 0 unspecified atom stereocenters. The number of carbonyl (C=O) groups excluding carboxylic acids is 2. The molecule has 1 heterocycles. The van der Waals surface area contributed by atoms with Crippen LogP contribution in [0.2, 0.25) is 5.02 Å². The van der Waals surface area contributed by atoms with E-state index in [1.807, 2.05) is 0 Å². The number of carbonyl (C=O) groups is 2. The zero-order valence-corrected chi connectivity index (χ0v) is 11.6. The summed E-state index contributed by atoms with van der Waals surface area (Å²) >= 11 is 8.44. The molecule has 1 aliphatic rings. The van der Waals surface area contributed by atoms with E-state index in [4.69, 9.17) is 11.6 Å². The minimum absolute atomic E-state index is 0.141. The summed E-state index contributed by atoms with van der Waals surface area (Å²) in [5.41, 5.74) is 0.658. The molecule has 2 amide bonds. The Balaban J connectivity index is 1.82. The van der Waals surface area contributed by atoms with Crippen molar-refractivity contribution < 1.29 is 9.59 Å². The first-order valence-electron chi connectivity index (χ1n) is 5.06. The summed E-state index contributed by atoms with van der Waals surface area (Å²) in [7, 11) is 0. The summed E-state index contributed by atoms with van der Waals surface area (Å²) in [6.07, 6.45) is 0. The molecule has 0 spiro atoms. The fraction of sp³-hybridized carbons (Fsp3) is 0.182. The number of hydrogen-bond acceptors (Lipinski definition) is 4. The number of halogens is 1. The molecule has 0 saturated heterocycles. The van der Waals surface area contributed by atoms with Crippen molar-refractivity contribution in [3.05, 3.63) is 29.3 Å². The van der Waals surface area contributed by atoms with Crippen LogP contribution in [-0.2, 0) is 9.59 Å². The number of thioether (sulfide) groups is 2. The lowest BCUT2D eigenvalue weighted by molar-refractivity contribution is -0.115. The van der Waals surface area contributed by atoms with Crippen molar-refractivity contribution in [1.82, 2.24) is 0 Å². The maximum absolute atomic E-state index is 11.6. The van der Waals surface area contributed by atoms with E-state index in [0.29, 0.717) is 20.8 Å². The molecule has 0 aliphatic carbocycles. The fourth-order valence-corrected chi connectivity index (χ4v) is 3.10. The van der Waals surface area contributed by atoms with Crippen LogP contribution in [0, 0.1) is 0 Å². The van der Waals surface area contributed by atoms with Crippen molar-refractivity contribution in [3.63, 3.8) is 0 Å². The maximum atomic E-state index is 11.6. The highest BCUT2D eigenvalue weighted by molar-refractivity contribution is 8.39. The molecule has 94 valence electrons. The van der Waals surface area contributed by atoms with Gasteiger partial charge in [0.2, 0.25) is 5.91 Å². The van der Waals surface area contributed by atoms with Crippen LogP contribution in [0.15, 0.2) is 29.3 Å².